The summed E-state index contributed by atoms with van der Waals surface area (Å²) in [5, 5.41) is 8.46. The smallest absolute Gasteiger partial charge is 0.335 e. The standard InChI is InChI=1S/C14H18O2.C8H6O3/c1-11-7-9-12(10-8-11)14(15)16-13-5-3-2-4-6-13;9-5-6-1-3-7(4-2-6)8(10)11/h2-6,11-12H,7-10H2,1H3;1-5H,(H,10,11). The first-order valence-electron chi connectivity index (χ1n) is 9.05. The van der Waals surface area contributed by atoms with Crippen molar-refractivity contribution in [3.05, 3.63) is 65.7 Å². The van der Waals surface area contributed by atoms with Gasteiger partial charge in [0.25, 0.3) is 0 Å². The first-order valence-corrected chi connectivity index (χ1v) is 9.05. The lowest BCUT2D eigenvalue weighted by Crippen LogP contribution is -2.24. The second kappa shape index (κ2) is 10.3. The summed E-state index contributed by atoms with van der Waals surface area (Å²) in [7, 11) is 0. The Morgan fingerprint density at radius 2 is 1.56 bits per heavy atom. The summed E-state index contributed by atoms with van der Waals surface area (Å²) in [5.41, 5.74) is 0.672. The zero-order valence-corrected chi connectivity index (χ0v) is 15.3. The molecule has 0 aliphatic heterocycles. The van der Waals surface area contributed by atoms with E-state index in [2.05, 4.69) is 6.92 Å². The van der Waals surface area contributed by atoms with Gasteiger partial charge in [-0.15, -0.1) is 0 Å². The Labute approximate surface area is 159 Å². The number of benzene rings is 2. The summed E-state index contributed by atoms with van der Waals surface area (Å²) in [5.74, 6) is 0.490. The molecule has 1 aliphatic carbocycles. The lowest BCUT2D eigenvalue weighted by molar-refractivity contribution is -0.140. The minimum atomic E-state index is -0.984. The molecule has 142 valence electrons. The fourth-order valence-electron chi connectivity index (χ4n) is 2.89. The number of carbonyl (C=O) groups is 3. The second-order valence-corrected chi connectivity index (χ2v) is 6.74. The predicted octanol–water partition coefficient (Wildman–Crippen LogP) is 4.62. The summed E-state index contributed by atoms with van der Waals surface area (Å²) < 4.78 is 5.35. The summed E-state index contributed by atoms with van der Waals surface area (Å²) in [6, 6.07) is 15.1. The van der Waals surface area contributed by atoms with E-state index < -0.39 is 5.97 Å². The van der Waals surface area contributed by atoms with E-state index in [4.69, 9.17) is 9.84 Å². The molecule has 0 spiro atoms. The number of esters is 1. The van der Waals surface area contributed by atoms with E-state index in [1.54, 1.807) is 0 Å². The summed E-state index contributed by atoms with van der Waals surface area (Å²) >= 11 is 0. The highest BCUT2D eigenvalue weighted by atomic mass is 16.5. The highest BCUT2D eigenvalue weighted by Gasteiger charge is 2.25. The molecule has 5 nitrogen and oxygen atoms in total. The Morgan fingerprint density at radius 3 is 2.07 bits per heavy atom. The van der Waals surface area contributed by atoms with Gasteiger partial charge in [-0.3, -0.25) is 9.59 Å². The quantitative estimate of drug-likeness (QED) is 0.484. The SMILES string of the molecule is CC1CCC(C(=O)Oc2ccccc2)CC1.O=Cc1ccc(C(=O)O)cc1. The van der Waals surface area contributed by atoms with Crippen LogP contribution in [-0.4, -0.2) is 23.3 Å². The number of carboxylic acids is 1. The Balaban J connectivity index is 0.000000208. The van der Waals surface area contributed by atoms with Crippen LogP contribution in [0.4, 0.5) is 0 Å². The molecule has 0 atom stereocenters. The van der Waals surface area contributed by atoms with Crippen LogP contribution < -0.4 is 4.74 Å². The molecule has 0 radical (unpaired) electrons. The third-order valence-corrected chi connectivity index (χ3v) is 4.60. The molecular weight excluding hydrogens is 344 g/mol. The number of para-hydroxylation sites is 1. The van der Waals surface area contributed by atoms with E-state index in [1.165, 1.54) is 24.3 Å². The third kappa shape index (κ3) is 6.70. The summed E-state index contributed by atoms with van der Waals surface area (Å²) in [6.45, 7) is 2.25. The van der Waals surface area contributed by atoms with Crippen molar-refractivity contribution in [1.29, 1.82) is 0 Å². The molecule has 0 unspecified atom stereocenters. The number of hydrogen-bond donors (Lipinski definition) is 1. The van der Waals surface area contributed by atoms with Gasteiger partial charge in [0.05, 0.1) is 11.5 Å². The molecular formula is C22H24O5. The van der Waals surface area contributed by atoms with Crippen LogP contribution in [0.2, 0.25) is 0 Å². The van der Waals surface area contributed by atoms with Crippen LogP contribution in [0.3, 0.4) is 0 Å². The lowest BCUT2D eigenvalue weighted by Gasteiger charge is -2.24. The average molecular weight is 368 g/mol. The maximum Gasteiger partial charge on any atom is 0.335 e. The zero-order chi connectivity index (χ0) is 19.6. The number of hydrogen-bond acceptors (Lipinski definition) is 4. The minimum Gasteiger partial charge on any atom is -0.478 e. The molecule has 2 aromatic rings. The second-order valence-electron chi connectivity index (χ2n) is 6.74. The number of rotatable bonds is 4. The van der Waals surface area contributed by atoms with E-state index in [1.807, 2.05) is 30.3 Å². The van der Waals surface area contributed by atoms with Gasteiger partial charge in [0.1, 0.15) is 12.0 Å². The van der Waals surface area contributed by atoms with Crippen molar-refractivity contribution in [2.75, 3.05) is 0 Å². The van der Waals surface area contributed by atoms with Gasteiger partial charge in [-0.1, -0.05) is 37.3 Å². The molecule has 5 heteroatoms. The zero-order valence-electron chi connectivity index (χ0n) is 15.3. The maximum absolute atomic E-state index is 11.9. The van der Waals surface area contributed by atoms with E-state index in [0.717, 1.165) is 31.6 Å². The van der Waals surface area contributed by atoms with Crippen LogP contribution in [0.1, 0.15) is 53.3 Å². The van der Waals surface area contributed by atoms with Crippen LogP contribution >= 0.6 is 0 Å². The topological polar surface area (TPSA) is 80.7 Å². The van der Waals surface area contributed by atoms with E-state index in [9.17, 15) is 14.4 Å². The molecule has 0 saturated heterocycles. The minimum absolute atomic E-state index is 0.0573. The third-order valence-electron chi connectivity index (χ3n) is 4.60. The van der Waals surface area contributed by atoms with Crippen LogP contribution in [0.5, 0.6) is 5.75 Å². The number of aldehydes is 1. The van der Waals surface area contributed by atoms with Gasteiger partial charge in [0.15, 0.2) is 0 Å². The van der Waals surface area contributed by atoms with Crippen molar-refractivity contribution in [3.63, 3.8) is 0 Å². The van der Waals surface area contributed by atoms with Crippen LogP contribution in [0.25, 0.3) is 0 Å². The average Bonchev–Trinajstić information content (AvgIpc) is 2.70. The van der Waals surface area contributed by atoms with Crippen molar-refractivity contribution in [2.24, 2.45) is 11.8 Å². The molecule has 1 aliphatic rings. The molecule has 0 bridgehead atoms. The van der Waals surface area contributed by atoms with Gasteiger partial charge in [-0.25, -0.2) is 4.79 Å². The largest absolute Gasteiger partial charge is 0.478 e. The molecule has 2 aromatic carbocycles. The normalized spacial score (nSPS) is 18.6. The van der Waals surface area contributed by atoms with Gasteiger partial charge >= 0.3 is 11.9 Å². The molecule has 0 aromatic heterocycles. The van der Waals surface area contributed by atoms with Gasteiger partial charge in [0, 0.05) is 5.56 Å². The van der Waals surface area contributed by atoms with Crippen molar-refractivity contribution >= 4 is 18.2 Å². The summed E-state index contributed by atoms with van der Waals surface area (Å²) in [4.78, 5) is 32.3. The Kier molecular flexibility index (Phi) is 7.74. The Hall–Kier alpha value is -2.95. The van der Waals surface area contributed by atoms with Gasteiger partial charge < -0.3 is 9.84 Å². The molecule has 0 heterocycles. The number of carbonyl (C=O) groups excluding carboxylic acids is 2. The van der Waals surface area contributed by atoms with Crippen LogP contribution in [-0.2, 0) is 4.79 Å². The van der Waals surface area contributed by atoms with E-state index in [0.29, 0.717) is 17.6 Å². The van der Waals surface area contributed by atoms with E-state index in [-0.39, 0.29) is 17.5 Å². The van der Waals surface area contributed by atoms with Crippen molar-refractivity contribution < 1.29 is 24.2 Å². The molecule has 3 rings (SSSR count). The van der Waals surface area contributed by atoms with Gasteiger partial charge in [0.2, 0.25) is 0 Å². The van der Waals surface area contributed by atoms with Gasteiger partial charge in [-0.05, 0) is 55.9 Å². The monoisotopic (exact) mass is 368 g/mol. The van der Waals surface area contributed by atoms with Crippen molar-refractivity contribution in [3.8, 4) is 5.75 Å². The highest BCUT2D eigenvalue weighted by Crippen LogP contribution is 2.29. The fraction of sp³-hybridized carbons (Fsp3) is 0.318. The Bertz CT molecular complexity index is 744. The number of ether oxygens (including phenoxy) is 1. The number of carboxylic acid groups (broad SMARTS) is 1. The van der Waals surface area contributed by atoms with Crippen molar-refractivity contribution in [1.82, 2.24) is 0 Å². The first-order chi connectivity index (χ1) is 13.0. The molecule has 27 heavy (non-hydrogen) atoms. The predicted molar refractivity (Wildman–Crippen MR) is 102 cm³/mol. The Morgan fingerprint density at radius 1 is 0.963 bits per heavy atom. The lowest BCUT2D eigenvalue weighted by atomic mass is 9.83. The highest BCUT2D eigenvalue weighted by molar-refractivity contribution is 5.88. The van der Waals surface area contributed by atoms with E-state index >= 15 is 0 Å². The van der Waals surface area contributed by atoms with Crippen molar-refractivity contribution in [2.45, 2.75) is 32.6 Å². The molecule has 1 fully saturated rings. The first kappa shape index (κ1) is 20.4. The molecule has 1 N–H and O–H groups in total. The van der Waals surface area contributed by atoms with Crippen LogP contribution in [0.15, 0.2) is 54.6 Å². The fourth-order valence-corrected chi connectivity index (χ4v) is 2.89. The molecule has 1 saturated carbocycles. The number of aromatic carboxylic acids is 1. The summed E-state index contributed by atoms with van der Waals surface area (Å²) in [6.07, 6.45) is 4.93. The maximum atomic E-state index is 11.9. The van der Waals surface area contributed by atoms with Gasteiger partial charge in [-0.2, -0.15) is 0 Å². The molecule has 0 amide bonds. The van der Waals surface area contributed by atoms with Crippen LogP contribution in [0, 0.1) is 11.8 Å².